The number of methoxy groups -OCH3 is 2. The summed E-state index contributed by atoms with van der Waals surface area (Å²) in [5, 5.41) is 8.72. The SMILES string of the molecule is CCO[C@@H]1OC(C(=O)N(C)CC(OC)OC)=C[C@H](C(C)C)[C@H]1CCOCCOCCO. The van der Waals surface area contributed by atoms with Gasteiger partial charge in [-0.15, -0.1) is 0 Å². The summed E-state index contributed by atoms with van der Waals surface area (Å²) in [6.07, 6.45) is 1.62. The minimum absolute atomic E-state index is 0.00564. The van der Waals surface area contributed by atoms with E-state index in [1.54, 1.807) is 7.05 Å². The van der Waals surface area contributed by atoms with Crippen LogP contribution in [0.5, 0.6) is 0 Å². The van der Waals surface area contributed by atoms with Crippen molar-refractivity contribution in [1.82, 2.24) is 4.90 Å². The van der Waals surface area contributed by atoms with Gasteiger partial charge in [0.2, 0.25) is 6.29 Å². The highest BCUT2D eigenvalue weighted by Gasteiger charge is 2.39. The van der Waals surface area contributed by atoms with E-state index in [4.69, 9.17) is 33.5 Å². The van der Waals surface area contributed by atoms with E-state index >= 15 is 0 Å². The number of carbonyl (C=O) groups is 1. The fourth-order valence-corrected chi connectivity index (χ4v) is 3.54. The molecule has 1 aliphatic rings. The minimum Gasteiger partial charge on any atom is -0.459 e. The highest BCUT2D eigenvalue weighted by atomic mass is 16.7. The average molecular weight is 448 g/mol. The summed E-state index contributed by atoms with van der Waals surface area (Å²) in [4.78, 5) is 14.5. The number of aliphatic hydroxyl groups excluding tert-OH is 1. The van der Waals surface area contributed by atoms with E-state index < -0.39 is 12.6 Å². The summed E-state index contributed by atoms with van der Waals surface area (Å²) >= 11 is 0. The van der Waals surface area contributed by atoms with E-state index in [9.17, 15) is 4.79 Å². The molecular weight excluding hydrogens is 406 g/mol. The molecule has 3 atom stereocenters. The van der Waals surface area contributed by atoms with E-state index in [-0.39, 0.29) is 30.9 Å². The third-order valence-electron chi connectivity index (χ3n) is 5.24. The van der Waals surface area contributed by atoms with E-state index in [1.165, 1.54) is 19.1 Å². The Kier molecular flexibility index (Phi) is 13.9. The quantitative estimate of drug-likeness (QED) is 0.282. The largest absolute Gasteiger partial charge is 0.459 e. The molecule has 182 valence electrons. The molecule has 31 heavy (non-hydrogen) atoms. The number of nitrogens with zero attached hydrogens (tertiary/aromatic N) is 1. The first-order valence-corrected chi connectivity index (χ1v) is 11.0. The second-order valence-corrected chi connectivity index (χ2v) is 7.78. The van der Waals surface area contributed by atoms with Crippen LogP contribution in [0.3, 0.4) is 0 Å². The Bertz CT molecular complexity index is 524. The van der Waals surface area contributed by atoms with Gasteiger partial charge in [-0.05, 0) is 31.3 Å². The molecule has 9 nitrogen and oxygen atoms in total. The van der Waals surface area contributed by atoms with Gasteiger partial charge in [0.1, 0.15) is 0 Å². The molecule has 1 rings (SSSR count). The molecular formula is C22H41NO8. The van der Waals surface area contributed by atoms with Crippen molar-refractivity contribution in [1.29, 1.82) is 0 Å². The molecule has 0 aromatic carbocycles. The second-order valence-electron chi connectivity index (χ2n) is 7.78. The molecule has 0 saturated heterocycles. The van der Waals surface area contributed by atoms with Crippen LogP contribution in [0.25, 0.3) is 0 Å². The zero-order chi connectivity index (χ0) is 23.2. The number of carbonyl (C=O) groups excluding carboxylic acids is 1. The first kappa shape index (κ1) is 27.8. The van der Waals surface area contributed by atoms with Gasteiger partial charge in [-0.2, -0.15) is 0 Å². The second kappa shape index (κ2) is 15.6. The van der Waals surface area contributed by atoms with Crippen molar-refractivity contribution >= 4 is 5.91 Å². The molecule has 0 saturated carbocycles. The van der Waals surface area contributed by atoms with Gasteiger partial charge in [-0.3, -0.25) is 4.79 Å². The maximum Gasteiger partial charge on any atom is 0.288 e. The standard InChI is InChI=1S/C22H41NO8/c1-7-30-22-17(8-10-28-12-13-29-11-9-24)18(16(2)3)14-19(31-22)21(25)23(4)15-20(26-5)27-6/h14,16-18,20,22,24H,7-13,15H2,1-6H3/t17-,18-,22-/m1/s1. The van der Waals surface area contributed by atoms with Gasteiger partial charge in [0, 0.05) is 40.4 Å². The summed E-state index contributed by atoms with van der Waals surface area (Å²) in [6, 6.07) is 0. The smallest absolute Gasteiger partial charge is 0.288 e. The van der Waals surface area contributed by atoms with E-state index in [0.29, 0.717) is 44.7 Å². The Morgan fingerprint density at radius 3 is 2.35 bits per heavy atom. The number of allylic oxidation sites excluding steroid dienone is 1. The van der Waals surface area contributed by atoms with Crippen LogP contribution < -0.4 is 0 Å². The third kappa shape index (κ3) is 9.43. The molecule has 1 aliphatic heterocycles. The summed E-state index contributed by atoms with van der Waals surface area (Å²) in [7, 11) is 4.76. The van der Waals surface area contributed by atoms with E-state index in [2.05, 4.69) is 13.8 Å². The zero-order valence-electron chi connectivity index (χ0n) is 19.9. The van der Waals surface area contributed by atoms with Gasteiger partial charge in [-0.1, -0.05) is 13.8 Å². The third-order valence-corrected chi connectivity index (χ3v) is 5.24. The number of rotatable bonds is 16. The molecule has 0 aliphatic carbocycles. The monoisotopic (exact) mass is 447 g/mol. The maximum absolute atomic E-state index is 13.0. The van der Waals surface area contributed by atoms with Gasteiger partial charge < -0.3 is 38.4 Å². The van der Waals surface area contributed by atoms with Gasteiger partial charge in [-0.25, -0.2) is 0 Å². The van der Waals surface area contributed by atoms with Gasteiger partial charge in [0.25, 0.3) is 5.91 Å². The lowest BCUT2D eigenvalue weighted by Gasteiger charge is -2.39. The Balaban J connectivity index is 2.81. The molecule has 1 amide bonds. The molecule has 0 aromatic heterocycles. The molecule has 9 heteroatoms. The minimum atomic E-state index is -0.523. The molecule has 0 radical (unpaired) electrons. The van der Waals surface area contributed by atoms with Crippen LogP contribution in [0.4, 0.5) is 0 Å². The van der Waals surface area contributed by atoms with Crippen molar-refractivity contribution in [2.45, 2.75) is 39.8 Å². The highest BCUT2D eigenvalue weighted by molar-refractivity contribution is 5.91. The Morgan fingerprint density at radius 1 is 1.16 bits per heavy atom. The predicted octanol–water partition coefficient (Wildman–Crippen LogP) is 1.64. The van der Waals surface area contributed by atoms with Crippen LogP contribution >= 0.6 is 0 Å². The molecule has 0 bridgehead atoms. The van der Waals surface area contributed by atoms with Crippen LogP contribution in [0.2, 0.25) is 0 Å². The molecule has 0 fully saturated rings. The number of amides is 1. The lowest BCUT2D eigenvalue weighted by atomic mass is 9.79. The highest BCUT2D eigenvalue weighted by Crippen LogP contribution is 2.36. The number of hydrogen-bond donors (Lipinski definition) is 1. The van der Waals surface area contributed by atoms with Crippen LogP contribution in [0, 0.1) is 17.8 Å². The summed E-state index contributed by atoms with van der Waals surface area (Å²) < 4.78 is 33.2. The van der Waals surface area contributed by atoms with Crippen molar-refractivity contribution in [2.75, 3.05) is 67.5 Å². The number of aliphatic hydroxyl groups is 1. The first-order chi connectivity index (χ1) is 14.9. The van der Waals surface area contributed by atoms with Gasteiger partial charge in [0.15, 0.2) is 12.0 Å². The van der Waals surface area contributed by atoms with Gasteiger partial charge in [0.05, 0.1) is 33.0 Å². The lowest BCUT2D eigenvalue weighted by molar-refractivity contribution is -0.181. The topological polar surface area (TPSA) is 95.9 Å². The normalized spacial score (nSPS) is 21.3. The van der Waals surface area contributed by atoms with Crippen LogP contribution in [-0.4, -0.2) is 95.9 Å². The van der Waals surface area contributed by atoms with Crippen molar-refractivity contribution < 1.29 is 38.3 Å². The van der Waals surface area contributed by atoms with Crippen molar-refractivity contribution in [3.8, 4) is 0 Å². The van der Waals surface area contributed by atoms with Crippen LogP contribution in [0.15, 0.2) is 11.8 Å². The predicted molar refractivity (Wildman–Crippen MR) is 115 cm³/mol. The van der Waals surface area contributed by atoms with Crippen molar-refractivity contribution in [3.05, 3.63) is 11.8 Å². The average Bonchev–Trinajstić information content (AvgIpc) is 2.76. The summed E-state index contributed by atoms with van der Waals surface area (Å²) in [6.45, 7) is 8.69. The van der Waals surface area contributed by atoms with Crippen molar-refractivity contribution in [3.63, 3.8) is 0 Å². The summed E-state index contributed by atoms with van der Waals surface area (Å²) in [5.74, 6) is 0.521. The molecule has 1 N–H and O–H groups in total. The van der Waals surface area contributed by atoms with Crippen LogP contribution in [-0.2, 0) is 33.2 Å². The maximum atomic E-state index is 13.0. The molecule has 0 unspecified atom stereocenters. The van der Waals surface area contributed by atoms with Crippen molar-refractivity contribution in [2.24, 2.45) is 17.8 Å². The molecule has 1 heterocycles. The van der Waals surface area contributed by atoms with E-state index in [0.717, 1.165) is 6.42 Å². The lowest BCUT2D eigenvalue weighted by Crippen LogP contribution is -2.43. The fourth-order valence-electron chi connectivity index (χ4n) is 3.54. The van der Waals surface area contributed by atoms with E-state index in [1.807, 2.05) is 13.0 Å². The Hall–Kier alpha value is -1.23. The number of hydrogen-bond acceptors (Lipinski definition) is 8. The number of likely N-dealkylation sites (N-methyl/N-ethyl adjacent to an activating group) is 1. The van der Waals surface area contributed by atoms with Gasteiger partial charge >= 0.3 is 0 Å². The Labute approximate surface area is 186 Å². The fraction of sp³-hybridized carbons (Fsp3) is 0.864. The first-order valence-electron chi connectivity index (χ1n) is 11.0. The van der Waals surface area contributed by atoms with Crippen LogP contribution in [0.1, 0.15) is 27.2 Å². The summed E-state index contributed by atoms with van der Waals surface area (Å²) in [5.41, 5.74) is 0. The molecule has 0 aromatic rings. The Morgan fingerprint density at radius 2 is 1.81 bits per heavy atom. The number of ether oxygens (including phenoxy) is 6. The molecule has 0 spiro atoms. The zero-order valence-corrected chi connectivity index (χ0v) is 19.9.